The number of unbranched alkanes of at least 4 members (excludes halogenated alkanes) is 1. The Hall–Kier alpha value is -2.15. The van der Waals surface area contributed by atoms with Crippen LogP contribution in [0.4, 0.5) is 11.4 Å². The van der Waals surface area contributed by atoms with Gasteiger partial charge in [-0.05, 0) is 39.5 Å². The van der Waals surface area contributed by atoms with Gasteiger partial charge in [0, 0.05) is 19.7 Å². The molecule has 0 radical (unpaired) electrons. The molecule has 2 N–H and O–H groups in total. The monoisotopic (exact) mass is 294 g/mol. The number of para-hydroxylation sites is 1. The van der Waals surface area contributed by atoms with Crippen molar-refractivity contribution in [3.05, 3.63) is 33.9 Å². The summed E-state index contributed by atoms with van der Waals surface area (Å²) in [5, 5.41) is 16.5. The number of nitro groups is 1. The second-order valence-corrected chi connectivity index (χ2v) is 4.97. The maximum absolute atomic E-state index is 12.1. The minimum absolute atomic E-state index is 0.0993. The van der Waals surface area contributed by atoms with Gasteiger partial charge >= 0.3 is 0 Å². The molecule has 0 unspecified atom stereocenters. The van der Waals surface area contributed by atoms with Gasteiger partial charge in [0.25, 0.3) is 11.6 Å². The number of amides is 1. The van der Waals surface area contributed by atoms with Crippen LogP contribution < -0.4 is 10.6 Å². The third-order valence-corrected chi connectivity index (χ3v) is 3.05. The summed E-state index contributed by atoms with van der Waals surface area (Å²) in [7, 11) is 5.57. The molecule has 0 heterocycles. The summed E-state index contributed by atoms with van der Waals surface area (Å²) in [5.74, 6) is -0.298. The van der Waals surface area contributed by atoms with Gasteiger partial charge in [0.1, 0.15) is 5.69 Å². The maximum atomic E-state index is 12.1. The molecule has 0 atom stereocenters. The van der Waals surface area contributed by atoms with Crippen LogP contribution in [0.3, 0.4) is 0 Å². The Balaban J connectivity index is 2.66. The summed E-state index contributed by atoms with van der Waals surface area (Å²) in [6.45, 7) is 1.52. The van der Waals surface area contributed by atoms with E-state index in [1.165, 1.54) is 12.1 Å². The van der Waals surface area contributed by atoms with Crippen molar-refractivity contribution in [2.45, 2.75) is 12.8 Å². The molecular weight excluding hydrogens is 272 g/mol. The summed E-state index contributed by atoms with van der Waals surface area (Å²) in [5.41, 5.74) is 0.436. The van der Waals surface area contributed by atoms with Crippen molar-refractivity contribution in [1.29, 1.82) is 0 Å². The van der Waals surface area contributed by atoms with Gasteiger partial charge in [-0.2, -0.15) is 0 Å². The number of hydrogen-bond acceptors (Lipinski definition) is 5. The number of nitrogens with zero attached hydrogens (tertiary/aromatic N) is 2. The number of anilines is 1. The molecule has 0 saturated heterocycles. The molecule has 0 aromatic heterocycles. The van der Waals surface area contributed by atoms with E-state index in [1.54, 1.807) is 13.1 Å². The predicted octanol–water partition coefficient (Wildman–Crippen LogP) is 1.71. The molecule has 21 heavy (non-hydrogen) atoms. The standard InChI is InChI=1S/C14H22N4O3/c1-15-13-11(7-6-8-12(13)18(20)21)14(19)16-9-4-5-10-17(2)3/h6-8,15H,4-5,9-10H2,1-3H3,(H,16,19). The molecule has 7 nitrogen and oxygen atoms in total. The summed E-state index contributed by atoms with van der Waals surface area (Å²) < 4.78 is 0. The van der Waals surface area contributed by atoms with Crippen molar-refractivity contribution in [2.75, 3.05) is 39.5 Å². The van der Waals surface area contributed by atoms with Crippen LogP contribution in [-0.4, -0.2) is 50.0 Å². The van der Waals surface area contributed by atoms with Crippen LogP contribution in [0.1, 0.15) is 23.2 Å². The summed E-state index contributed by atoms with van der Waals surface area (Å²) in [6, 6.07) is 4.47. The van der Waals surface area contributed by atoms with Crippen LogP contribution in [-0.2, 0) is 0 Å². The van der Waals surface area contributed by atoms with E-state index in [0.29, 0.717) is 12.1 Å². The van der Waals surface area contributed by atoms with Crippen molar-refractivity contribution in [3.8, 4) is 0 Å². The first-order valence-corrected chi connectivity index (χ1v) is 6.85. The summed E-state index contributed by atoms with van der Waals surface area (Å²) in [6.07, 6.45) is 1.86. The highest BCUT2D eigenvalue weighted by Gasteiger charge is 2.20. The number of carbonyl (C=O) groups excluding carboxylic acids is 1. The second kappa shape index (κ2) is 8.21. The lowest BCUT2D eigenvalue weighted by Gasteiger charge is -2.11. The Morgan fingerprint density at radius 2 is 2.05 bits per heavy atom. The molecule has 0 aliphatic carbocycles. The lowest BCUT2D eigenvalue weighted by molar-refractivity contribution is -0.384. The van der Waals surface area contributed by atoms with Crippen molar-refractivity contribution in [3.63, 3.8) is 0 Å². The van der Waals surface area contributed by atoms with Gasteiger partial charge < -0.3 is 15.5 Å². The van der Waals surface area contributed by atoms with Crippen molar-refractivity contribution in [2.24, 2.45) is 0 Å². The average Bonchev–Trinajstić information content (AvgIpc) is 2.45. The topological polar surface area (TPSA) is 87.5 Å². The van der Waals surface area contributed by atoms with Crippen LogP contribution >= 0.6 is 0 Å². The Labute approximate surface area is 124 Å². The van der Waals surface area contributed by atoms with Crippen molar-refractivity contribution >= 4 is 17.3 Å². The van der Waals surface area contributed by atoms with E-state index in [9.17, 15) is 14.9 Å². The first-order valence-electron chi connectivity index (χ1n) is 6.85. The van der Waals surface area contributed by atoms with Gasteiger partial charge in [0.15, 0.2) is 0 Å². The number of hydrogen-bond donors (Lipinski definition) is 2. The Morgan fingerprint density at radius 3 is 2.62 bits per heavy atom. The number of benzene rings is 1. The van der Waals surface area contributed by atoms with Gasteiger partial charge in [0.05, 0.1) is 10.5 Å². The molecule has 0 bridgehead atoms. The van der Waals surface area contributed by atoms with Gasteiger partial charge in [-0.3, -0.25) is 14.9 Å². The van der Waals surface area contributed by atoms with Gasteiger partial charge in [-0.1, -0.05) is 6.07 Å². The Morgan fingerprint density at radius 1 is 1.33 bits per heavy atom. The minimum Gasteiger partial charge on any atom is -0.382 e. The van der Waals surface area contributed by atoms with E-state index < -0.39 is 4.92 Å². The van der Waals surface area contributed by atoms with Crippen LogP contribution in [0.25, 0.3) is 0 Å². The molecule has 0 saturated carbocycles. The molecule has 0 fully saturated rings. The van der Waals surface area contributed by atoms with Crippen LogP contribution in [0.15, 0.2) is 18.2 Å². The van der Waals surface area contributed by atoms with Gasteiger partial charge in [-0.25, -0.2) is 0 Å². The van der Waals surface area contributed by atoms with Gasteiger partial charge in [-0.15, -0.1) is 0 Å². The second-order valence-electron chi connectivity index (χ2n) is 4.97. The van der Waals surface area contributed by atoms with E-state index in [0.717, 1.165) is 19.4 Å². The molecule has 7 heteroatoms. The zero-order valence-corrected chi connectivity index (χ0v) is 12.7. The molecule has 1 aromatic carbocycles. The molecular formula is C14H22N4O3. The molecule has 116 valence electrons. The van der Waals surface area contributed by atoms with Crippen molar-refractivity contribution < 1.29 is 9.72 Å². The highest BCUT2D eigenvalue weighted by atomic mass is 16.6. The van der Waals surface area contributed by atoms with E-state index in [4.69, 9.17) is 0 Å². The SMILES string of the molecule is CNc1c(C(=O)NCCCCN(C)C)cccc1[N+](=O)[O-]. The predicted molar refractivity (Wildman–Crippen MR) is 82.8 cm³/mol. The maximum Gasteiger partial charge on any atom is 0.293 e. The fourth-order valence-corrected chi connectivity index (χ4v) is 1.99. The molecule has 1 aromatic rings. The number of rotatable bonds is 8. The average molecular weight is 294 g/mol. The van der Waals surface area contributed by atoms with E-state index in [-0.39, 0.29) is 17.3 Å². The Bertz CT molecular complexity index is 503. The van der Waals surface area contributed by atoms with Crippen LogP contribution in [0.2, 0.25) is 0 Å². The highest BCUT2D eigenvalue weighted by Crippen LogP contribution is 2.27. The third-order valence-electron chi connectivity index (χ3n) is 3.05. The summed E-state index contributed by atoms with van der Waals surface area (Å²) in [4.78, 5) is 24.6. The van der Waals surface area contributed by atoms with Gasteiger partial charge in [0.2, 0.25) is 0 Å². The molecule has 0 aliphatic heterocycles. The Kier molecular flexibility index (Phi) is 6.61. The number of nitrogens with one attached hydrogen (secondary N) is 2. The lowest BCUT2D eigenvalue weighted by atomic mass is 10.1. The van der Waals surface area contributed by atoms with E-state index in [1.807, 2.05) is 14.1 Å². The number of carbonyl (C=O) groups is 1. The zero-order chi connectivity index (χ0) is 15.8. The quantitative estimate of drug-likeness (QED) is 0.433. The van der Waals surface area contributed by atoms with Crippen molar-refractivity contribution in [1.82, 2.24) is 10.2 Å². The molecule has 1 amide bonds. The first kappa shape index (κ1) is 16.9. The van der Waals surface area contributed by atoms with E-state index in [2.05, 4.69) is 15.5 Å². The molecule has 0 aliphatic rings. The van der Waals surface area contributed by atoms with Crippen LogP contribution in [0, 0.1) is 10.1 Å². The fourth-order valence-electron chi connectivity index (χ4n) is 1.99. The first-order chi connectivity index (χ1) is 9.97. The molecule has 0 spiro atoms. The zero-order valence-electron chi connectivity index (χ0n) is 12.7. The fraction of sp³-hybridized carbons (Fsp3) is 0.500. The largest absolute Gasteiger partial charge is 0.382 e. The smallest absolute Gasteiger partial charge is 0.293 e. The van der Waals surface area contributed by atoms with E-state index >= 15 is 0 Å². The normalized spacial score (nSPS) is 10.5. The third kappa shape index (κ3) is 5.03. The molecule has 1 rings (SSSR count). The summed E-state index contributed by atoms with van der Waals surface area (Å²) >= 11 is 0. The lowest BCUT2D eigenvalue weighted by Crippen LogP contribution is -2.26. The van der Waals surface area contributed by atoms with Crippen LogP contribution in [0.5, 0.6) is 0 Å². The number of nitro benzene ring substituents is 1. The minimum atomic E-state index is -0.500. The highest BCUT2D eigenvalue weighted by molar-refractivity contribution is 6.01.